The highest BCUT2D eigenvalue weighted by atomic mass is 32.1. The molecule has 128 valence electrons. The first-order valence-electron chi connectivity index (χ1n) is 7.57. The van der Waals surface area contributed by atoms with E-state index in [1.54, 1.807) is 5.38 Å². The Bertz CT molecular complexity index is 699. The number of rotatable bonds is 8. The van der Waals surface area contributed by atoms with Crippen molar-refractivity contribution in [3.63, 3.8) is 0 Å². The number of amides is 1. The molecule has 0 radical (unpaired) electrons. The van der Waals surface area contributed by atoms with Crippen molar-refractivity contribution in [1.29, 1.82) is 0 Å². The van der Waals surface area contributed by atoms with Gasteiger partial charge in [0.05, 0.1) is 25.8 Å². The van der Waals surface area contributed by atoms with E-state index >= 15 is 0 Å². The van der Waals surface area contributed by atoms with Gasteiger partial charge in [0, 0.05) is 11.8 Å². The number of thiazole rings is 1. The summed E-state index contributed by atoms with van der Waals surface area (Å²) in [5.74, 6) is 0.330. The maximum Gasteiger partial charge on any atom is 0.311 e. The highest BCUT2D eigenvalue weighted by molar-refractivity contribution is 7.13. The van der Waals surface area contributed by atoms with Gasteiger partial charge in [0.25, 0.3) is 0 Å². The van der Waals surface area contributed by atoms with E-state index in [0.29, 0.717) is 30.3 Å². The molecule has 0 saturated heterocycles. The largest absolute Gasteiger partial charge is 0.494 e. The number of hydrogen-bond donors (Lipinski definition) is 1. The van der Waals surface area contributed by atoms with Crippen LogP contribution in [0.4, 0.5) is 5.13 Å². The van der Waals surface area contributed by atoms with Gasteiger partial charge in [-0.15, -0.1) is 11.3 Å². The van der Waals surface area contributed by atoms with Crippen LogP contribution in [0.5, 0.6) is 5.75 Å². The third-order valence-electron chi connectivity index (χ3n) is 3.16. The molecule has 2 aromatic rings. The minimum atomic E-state index is -0.355. The SMILES string of the molecule is COC(=O)Cc1csc(NC(=O)CCCOc2cccc(C)c2)n1. The fraction of sp³-hybridized carbons (Fsp3) is 0.353. The summed E-state index contributed by atoms with van der Waals surface area (Å²) in [5.41, 5.74) is 1.72. The summed E-state index contributed by atoms with van der Waals surface area (Å²) < 4.78 is 10.2. The van der Waals surface area contributed by atoms with E-state index in [2.05, 4.69) is 15.0 Å². The monoisotopic (exact) mass is 348 g/mol. The first kappa shape index (κ1) is 17.9. The molecular weight excluding hydrogens is 328 g/mol. The molecule has 0 bridgehead atoms. The van der Waals surface area contributed by atoms with Gasteiger partial charge in [-0.1, -0.05) is 12.1 Å². The van der Waals surface area contributed by atoms with Crippen molar-refractivity contribution in [1.82, 2.24) is 4.98 Å². The van der Waals surface area contributed by atoms with Gasteiger partial charge in [-0.25, -0.2) is 4.98 Å². The molecular formula is C17H20N2O4S. The van der Waals surface area contributed by atoms with E-state index in [-0.39, 0.29) is 18.3 Å². The molecule has 1 amide bonds. The molecule has 1 aromatic carbocycles. The van der Waals surface area contributed by atoms with Gasteiger partial charge in [0.1, 0.15) is 5.75 Å². The van der Waals surface area contributed by atoms with E-state index in [1.807, 2.05) is 31.2 Å². The lowest BCUT2D eigenvalue weighted by molar-refractivity contribution is -0.139. The van der Waals surface area contributed by atoms with Gasteiger partial charge in [-0.05, 0) is 31.0 Å². The zero-order valence-electron chi connectivity index (χ0n) is 13.7. The van der Waals surface area contributed by atoms with Crippen LogP contribution < -0.4 is 10.1 Å². The van der Waals surface area contributed by atoms with E-state index in [0.717, 1.165) is 11.3 Å². The molecule has 0 atom stereocenters. The summed E-state index contributed by atoms with van der Waals surface area (Å²) in [5, 5.41) is 4.94. The zero-order valence-corrected chi connectivity index (χ0v) is 14.5. The van der Waals surface area contributed by atoms with Crippen LogP contribution >= 0.6 is 11.3 Å². The Labute approximate surface area is 144 Å². The van der Waals surface area contributed by atoms with Gasteiger partial charge in [-0.2, -0.15) is 0 Å². The van der Waals surface area contributed by atoms with Crippen LogP contribution in [-0.2, 0) is 20.7 Å². The van der Waals surface area contributed by atoms with Crippen molar-refractivity contribution >= 4 is 28.3 Å². The molecule has 6 nitrogen and oxygen atoms in total. The summed E-state index contributed by atoms with van der Waals surface area (Å²) in [4.78, 5) is 27.2. The number of aryl methyl sites for hydroxylation is 1. The average molecular weight is 348 g/mol. The second-order valence-corrected chi connectivity index (χ2v) is 6.07. The Morgan fingerprint density at radius 3 is 2.92 bits per heavy atom. The number of ether oxygens (including phenoxy) is 2. The van der Waals surface area contributed by atoms with Gasteiger partial charge in [0.2, 0.25) is 5.91 Å². The second kappa shape index (κ2) is 9.02. The molecule has 0 spiro atoms. The van der Waals surface area contributed by atoms with Crippen LogP contribution in [0.3, 0.4) is 0 Å². The standard InChI is InChI=1S/C17H20N2O4S/c1-12-5-3-6-14(9-12)23-8-4-7-15(20)19-17-18-13(11-24-17)10-16(21)22-2/h3,5-6,9,11H,4,7-8,10H2,1-2H3,(H,18,19,20). The fourth-order valence-corrected chi connectivity index (χ4v) is 2.70. The molecule has 1 N–H and O–H groups in total. The smallest absolute Gasteiger partial charge is 0.311 e. The van der Waals surface area contributed by atoms with Crippen LogP contribution in [0, 0.1) is 6.92 Å². The predicted molar refractivity (Wildman–Crippen MR) is 92.4 cm³/mol. The molecule has 0 saturated carbocycles. The lowest BCUT2D eigenvalue weighted by atomic mass is 10.2. The van der Waals surface area contributed by atoms with Crippen molar-refractivity contribution in [3.8, 4) is 5.75 Å². The van der Waals surface area contributed by atoms with E-state index in [9.17, 15) is 9.59 Å². The average Bonchev–Trinajstić information content (AvgIpc) is 2.98. The van der Waals surface area contributed by atoms with Crippen LogP contribution in [0.1, 0.15) is 24.1 Å². The Morgan fingerprint density at radius 2 is 2.17 bits per heavy atom. The summed E-state index contributed by atoms with van der Waals surface area (Å²) in [6, 6.07) is 7.79. The molecule has 0 fully saturated rings. The highest BCUT2D eigenvalue weighted by Crippen LogP contribution is 2.17. The zero-order chi connectivity index (χ0) is 17.4. The third-order valence-corrected chi connectivity index (χ3v) is 3.96. The number of carbonyl (C=O) groups is 2. The highest BCUT2D eigenvalue weighted by Gasteiger charge is 2.10. The number of anilines is 1. The Balaban J connectivity index is 1.69. The van der Waals surface area contributed by atoms with Crippen LogP contribution in [0.15, 0.2) is 29.6 Å². The van der Waals surface area contributed by atoms with Gasteiger partial charge < -0.3 is 14.8 Å². The van der Waals surface area contributed by atoms with E-state index in [4.69, 9.17) is 4.74 Å². The number of hydrogen-bond acceptors (Lipinski definition) is 6. The maximum atomic E-state index is 11.9. The van der Waals surface area contributed by atoms with E-state index in [1.165, 1.54) is 18.4 Å². The van der Waals surface area contributed by atoms with Crippen molar-refractivity contribution in [2.75, 3.05) is 19.0 Å². The fourth-order valence-electron chi connectivity index (χ4n) is 1.98. The van der Waals surface area contributed by atoms with Crippen LogP contribution in [-0.4, -0.2) is 30.6 Å². The normalized spacial score (nSPS) is 10.2. The van der Waals surface area contributed by atoms with Crippen molar-refractivity contribution in [2.24, 2.45) is 0 Å². The minimum Gasteiger partial charge on any atom is -0.494 e. The third kappa shape index (κ3) is 6.00. The number of nitrogens with zero attached hydrogens (tertiary/aromatic N) is 1. The maximum absolute atomic E-state index is 11.9. The van der Waals surface area contributed by atoms with Crippen molar-refractivity contribution in [3.05, 3.63) is 40.9 Å². The number of aromatic nitrogens is 1. The second-order valence-electron chi connectivity index (χ2n) is 5.21. The van der Waals surface area contributed by atoms with Crippen molar-refractivity contribution in [2.45, 2.75) is 26.2 Å². The molecule has 0 aliphatic carbocycles. The minimum absolute atomic E-state index is 0.104. The number of methoxy groups -OCH3 is 1. The number of nitrogens with one attached hydrogen (secondary N) is 1. The van der Waals surface area contributed by atoms with Crippen molar-refractivity contribution < 1.29 is 19.1 Å². The van der Waals surface area contributed by atoms with Gasteiger partial charge in [0.15, 0.2) is 5.13 Å². The summed E-state index contributed by atoms with van der Waals surface area (Å²) >= 11 is 1.29. The summed E-state index contributed by atoms with van der Waals surface area (Å²) in [7, 11) is 1.33. The summed E-state index contributed by atoms with van der Waals surface area (Å²) in [6.45, 7) is 2.48. The quantitative estimate of drug-likeness (QED) is 0.586. The molecule has 24 heavy (non-hydrogen) atoms. The molecule has 0 unspecified atom stereocenters. The Morgan fingerprint density at radius 1 is 1.33 bits per heavy atom. The van der Waals surface area contributed by atoms with Gasteiger partial charge in [-0.3, -0.25) is 9.59 Å². The Hall–Kier alpha value is -2.41. The number of benzene rings is 1. The molecule has 1 aromatic heterocycles. The van der Waals surface area contributed by atoms with Crippen LogP contribution in [0.2, 0.25) is 0 Å². The Kier molecular flexibility index (Phi) is 6.74. The molecule has 2 rings (SSSR count). The van der Waals surface area contributed by atoms with Crippen LogP contribution in [0.25, 0.3) is 0 Å². The summed E-state index contributed by atoms with van der Waals surface area (Å²) in [6.07, 6.45) is 1.06. The molecule has 0 aliphatic rings. The first-order chi connectivity index (χ1) is 11.6. The number of esters is 1. The molecule has 0 aliphatic heterocycles. The lowest BCUT2D eigenvalue weighted by Gasteiger charge is -2.06. The lowest BCUT2D eigenvalue weighted by Crippen LogP contribution is -2.13. The molecule has 1 heterocycles. The number of carbonyl (C=O) groups excluding carboxylic acids is 2. The first-order valence-corrected chi connectivity index (χ1v) is 8.45. The molecule has 7 heteroatoms. The van der Waals surface area contributed by atoms with E-state index < -0.39 is 0 Å². The predicted octanol–water partition coefficient (Wildman–Crippen LogP) is 2.96. The topological polar surface area (TPSA) is 77.5 Å². The van der Waals surface area contributed by atoms with Gasteiger partial charge >= 0.3 is 5.97 Å².